The monoisotopic (exact) mass is 260 g/mol. The molecule has 6 nitrogen and oxygen atoms in total. The maximum atomic E-state index is 11.8. The van der Waals surface area contributed by atoms with E-state index in [9.17, 15) is 4.79 Å². The quantitative estimate of drug-likeness (QED) is 0.892. The van der Waals surface area contributed by atoms with Gasteiger partial charge < -0.3 is 10.1 Å². The van der Waals surface area contributed by atoms with Crippen molar-refractivity contribution in [3.05, 3.63) is 28.7 Å². The average molecular weight is 260 g/mol. The summed E-state index contributed by atoms with van der Waals surface area (Å²) in [4.78, 5) is 20.5. The normalized spacial score (nSPS) is 18.9. The van der Waals surface area contributed by atoms with Crippen LogP contribution in [0.1, 0.15) is 13.3 Å². The lowest BCUT2D eigenvalue weighted by molar-refractivity contribution is 0.195. The molecule has 3 heterocycles. The molecule has 1 aliphatic rings. The SMILES string of the molecule is CCn1c(=O)ccc2cnc(NC3CCOC3)nc21. The van der Waals surface area contributed by atoms with Gasteiger partial charge in [0.05, 0.1) is 12.6 Å². The highest BCUT2D eigenvalue weighted by atomic mass is 16.5. The molecule has 2 aromatic rings. The third kappa shape index (κ3) is 2.31. The Kier molecular flexibility index (Phi) is 3.16. The molecule has 0 aromatic carbocycles. The Morgan fingerprint density at radius 3 is 3.16 bits per heavy atom. The Morgan fingerprint density at radius 1 is 1.53 bits per heavy atom. The molecule has 1 unspecified atom stereocenters. The van der Waals surface area contributed by atoms with Gasteiger partial charge in [0.2, 0.25) is 5.95 Å². The maximum absolute atomic E-state index is 11.8. The summed E-state index contributed by atoms with van der Waals surface area (Å²) in [5.41, 5.74) is 0.635. The number of fused-ring (bicyclic) bond motifs is 1. The zero-order chi connectivity index (χ0) is 13.2. The van der Waals surface area contributed by atoms with Crippen LogP contribution in [0.4, 0.5) is 5.95 Å². The molecule has 0 amide bonds. The lowest BCUT2D eigenvalue weighted by atomic mass is 10.3. The number of aromatic nitrogens is 3. The number of aryl methyl sites for hydroxylation is 1. The summed E-state index contributed by atoms with van der Waals surface area (Å²) < 4.78 is 6.95. The summed E-state index contributed by atoms with van der Waals surface area (Å²) in [7, 11) is 0. The number of anilines is 1. The predicted molar refractivity (Wildman–Crippen MR) is 72.3 cm³/mol. The van der Waals surface area contributed by atoms with E-state index in [4.69, 9.17) is 4.74 Å². The van der Waals surface area contributed by atoms with Crippen LogP contribution < -0.4 is 10.9 Å². The van der Waals surface area contributed by atoms with Gasteiger partial charge in [-0.05, 0) is 19.4 Å². The van der Waals surface area contributed by atoms with Crippen LogP contribution in [0.15, 0.2) is 23.1 Å². The summed E-state index contributed by atoms with van der Waals surface area (Å²) in [5.74, 6) is 0.552. The van der Waals surface area contributed by atoms with E-state index in [1.807, 2.05) is 6.92 Å². The van der Waals surface area contributed by atoms with Gasteiger partial charge in [0, 0.05) is 30.8 Å². The molecule has 0 aliphatic carbocycles. The Labute approximate surface area is 110 Å². The van der Waals surface area contributed by atoms with Gasteiger partial charge in [-0.2, -0.15) is 4.98 Å². The molecule has 2 aromatic heterocycles. The Bertz CT molecular complexity index is 647. The topological polar surface area (TPSA) is 69.0 Å². The van der Waals surface area contributed by atoms with E-state index in [1.165, 1.54) is 0 Å². The first-order valence-corrected chi connectivity index (χ1v) is 6.49. The number of pyridine rings is 1. The Morgan fingerprint density at radius 2 is 2.42 bits per heavy atom. The van der Waals surface area contributed by atoms with Crippen molar-refractivity contribution in [3.8, 4) is 0 Å². The predicted octanol–water partition coefficient (Wildman–Crippen LogP) is 1.01. The van der Waals surface area contributed by atoms with Crippen LogP contribution >= 0.6 is 0 Å². The van der Waals surface area contributed by atoms with E-state index in [0.29, 0.717) is 24.7 Å². The molecule has 0 spiro atoms. The van der Waals surface area contributed by atoms with E-state index < -0.39 is 0 Å². The number of hydrogen-bond acceptors (Lipinski definition) is 5. The van der Waals surface area contributed by atoms with Crippen molar-refractivity contribution in [2.45, 2.75) is 25.9 Å². The fourth-order valence-corrected chi connectivity index (χ4v) is 2.28. The van der Waals surface area contributed by atoms with Crippen molar-refractivity contribution in [1.82, 2.24) is 14.5 Å². The van der Waals surface area contributed by atoms with Crippen LogP contribution in [0.5, 0.6) is 0 Å². The molecule has 6 heteroatoms. The third-order valence-corrected chi connectivity index (χ3v) is 3.30. The molecule has 0 bridgehead atoms. The van der Waals surface area contributed by atoms with Crippen molar-refractivity contribution < 1.29 is 4.74 Å². The number of nitrogens with one attached hydrogen (secondary N) is 1. The molecule has 100 valence electrons. The number of rotatable bonds is 3. The number of nitrogens with zero attached hydrogens (tertiary/aromatic N) is 3. The largest absolute Gasteiger partial charge is 0.379 e. The smallest absolute Gasteiger partial charge is 0.252 e. The summed E-state index contributed by atoms with van der Waals surface area (Å²) >= 11 is 0. The second-order valence-corrected chi connectivity index (χ2v) is 4.59. The van der Waals surface area contributed by atoms with Gasteiger partial charge in [0.1, 0.15) is 5.65 Å². The first-order chi connectivity index (χ1) is 9.28. The van der Waals surface area contributed by atoms with E-state index in [1.54, 1.807) is 22.9 Å². The van der Waals surface area contributed by atoms with Crippen molar-refractivity contribution in [2.24, 2.45) is 0 Å². The van der Waals surface area contributed by atoms with Crippen LogP contribution in [0.3, 0.4) is 0 Å². The van der Waals surface area contributed by atoms with Gasteiger partial charge in [0.25, 0.3) is 5.56 Å². The van der Waals surface area contributed by atoms with Crippen molar-refractivity contribution >= 4 is 17.0 Å². The Hall–Kier alpha value is -1.95. The summed E-state index contributed by atoms with van der Waals surface area (Å²) in [6, 6.07) is 3.56. The fraction of sp³-hybridized carbons (Fsp3) is 0.462. The second kappa shape index (κ2) is 4.97. The van der Waals surface area contributed by atoms with Gasteiger partial charge in [-0.25, -0.2) is 4.98 Å². The highest BCUT2D eigenvalue weighted by molar-refractivity contribution is 5.75. The molecule has 19 heavy (non-hydrogen) atoms. The van der Waals surface area contributed by atoms with Crippen LogP contribution in [0.25, 0.3) is 11.0 Å². The zero-order valence-corrected chi connectivity index (χ0v) is 10.8. The minimum absolute atomic E-state index is 0.0381. The third-order valence-electron chi connectivity index (χ3n) is 3.30. The minimum Gasteiger partial charge on any atom is -0.379 e. The minimum atomic E-state index is -0.0381. The Balaban J connectivity index is 2.00. The fourth-order valence-electron chi connectivity index (χ4n) is 2.28. The first kappa shape index (κ1) is 12.1. The van der Waals surface area contributed by atoms with E-state index in [-0.39, 0.29) is 11.6 Å². The molecule has 1 N–H and O–H groups in total. The molecule has 1 saturated heterocycles. The second-order valence-electron chi connectivity index (χ2n) is 4.59. The number of hydrogen-bond donors (Lipinski definition) is 1. The van der Waals surface area contributed by atoms with E-state index >= 15 is 0 Å². The number of ether oxygens (including phenoxy) is 1. The molecule has 1 atom stereocenters. The van der Waals surface area contributed by atoms with Gasteiger partial charge in [-0.3, -0.25) is 9.36 Å². The molecule has 0 radical (unpaired) electrons. The van der Waals surface area contributed by atoms with Crippen molar-refractivity contribution in [3.63, 3.8) is 0 Å². The van der Waals surface area contributed by atoms with Crippen molar-refractivity contribution in [1.29, 1.82) is 0 Å². The zero-order valence-electron chi connectivity index (χ0n) is 10.8. The maximum Gasteiger partial charge on any atom is 0.252 e. The van der Waals surface area contributed by atoms with Gasteiger partial charge in [-0.1, -0.05) is 0 Å². The standard InChI is InChI=1S/C13H16N4O2/c1-2-17-11(18)4-3-9-7-14-13(16-12(9)17)15-10-5-6-19-8-10/h3-4,7,10H,2,5-6,8H2,1H3,(H,14,15,16). The summed E-state index contributed by atoms with van der Waals surface area (Å²) in [6.07, 6.45) is 2.70. The molecule has 1 fully saturated rings. The van der Waals surface area contributed by atoms with Crippen LogP contribution in [0.2, 0.25) is 0 Å². The van der Waals surface area contributed by atoms with E-state index in [0.717, 1.165) is 18.4 Å². The highest BCUT2D eigenvalue weighted by Gasteiger charge is 2.16. The van der Waals surface area contributed by atoms with Crippen LogP contribution in [-0.2, 0) is 11.3 Å². The first-order valence-electron chi connectivity index (χ1n) is 6.49. The molecule has 1 aliphatic heterocycles. The molecular formula is C13H16N4O2. The van der Waals surface area contributed by atoms with Gasteiger partial charge >= 0.3 is 0 Å². The molecular weight excluding hydrogens is 244 g/mol. The van der Waals surface area contributed by atoms with E-state index in [2.05, 4.69) is 15.3 Å². The van der Waals surface area contributed by atoms with Gasteiger partial charge in [0.15, 0.2) is 0 Å². The van der Waals surface area contributed by atoms with Gasteiger partial charge in [-0.15, -0.1) is 0 Å². The molecule has 0 saturated carbocycles. The highest BCUT2D eigenvalue weighted by Crippen LogP contribution is 2.13. The lowest BCUT2D eigenvalue weighted by Crippen LogP contribution is -2.22. The average Bonchev–Trinajstić information content (AvgIpc) is 2.91. The lowest BCUT2D eigenvalue weighted by Gasteiger charge is -2.12. The van der Waals surface area contributed by atoms with Crippen LogP contribution in [0, 0.1) is 0 Å². The molecule has 3 rings (SSSR count). The van der Waals surface area contributed by atoms with Crippen LogP contribution in [-0.4, -0.2) is 33.8 Å². The summed E-state index contributed by atoms with van der Waals surface area (Å²) in [5, 5.41) is 4.11. The summed E-state index contributed by atoms with van der Waals surface area (Å²) in [6.45, 7) is 3.97. The van der Waals surface area contributed by atoms with Crippen molar-refractivity contribution in [2.75, 3.05) is 18.5 Å².